The van der Waals surface area contributed by atoms with Crippen LogP contribution in [0.1, 0.15) is 13.8 Å². The molecule has 0 aliphatic heterocycles. The van der Waals surface area contributed by atoms with Crippen molar-refractivity contribution in [1.29, 1.82) is 0 Å². The molecule has 0 bridgehead atoms. The fraction of sp³-hybridized carbons (Fsp3) is 0.222. The molecule has 0 radical (unpaired) electrons. The van der Waals surface area contributed by atoms with E-state index < -0.39 is 35.7 Å². The molecule has 0 saturated heterocycles. The van der Waals surface area contributed by atoms with Crippen LogP contribution in [0, 0.1) is 11.6 Å². The van der Waals surface area contributed by atoms with Crippen LogP contribution in [0.2, 0.25) is 0 Å². The number of nitrogens with two attached hydrogens (primary N) is 1. The lowest BCUT2D eigenvalue weighted by Gasteiger charge is -2.14. The molecule has 1 aromatic carbocycles. The third-order valence-corrected chi connectivity index (χ3v) is 3.10. The summed E-state index contributed by atoms with van der Waals surface area (Å²) in [5.41, 5.74) is 5.49. The molecule has 0 aliphatic carbocycles. The quantitative estimate of drug-likeness (QED) is 0.581. The molecule has 2 rings (SSSR count). The van der Waals surface area contributed by atoms with E-state index >= 15 is 0 Å². The predicted octanol–water partition coefficient (Wildman–Crippen LogP) is 3.12. The predicted molar refractivity (Wildman–Crippen MR) is 90.8 cm³/mol. The van der Waals surface area contributed by atoms with Crippen molar-refractivity contribution in [2.75, 3.05) is 6.61 Å². The smallest absolute Gasteiger partial charge is 0.244 e. The van der Waals surface area contributed by atoms with Gasteiger partial charge in [0.2, 0.25) is 11.8 Å². The van der Waals surface area contributed by atoms with Crippen LogP contribution >= 0.6 is 0 Å². The number of nitrogens with zero attached hydrogens (tertiary/aromatic N) is 1. The Balaban J connectivity index is 2.31. The van der Waals surface area contributed by atoms with Gasteiger partial charge < -0.3 is 20.3 Å². The minimum atomic E-state index is -0.980. The highest BCUT2D eigenvalue weighted by Gasteiger charge is 2.17. The van der Waals surface area contributed by atoms with Gasteiger partial charge in [0.05, 0.1) is 6.10 Å². The molecular weight excluding hydrogens is 346 g/mol. The fourth-order valence-electron chi connectivity index (χ4n) is 2.13. The number of hydrogen-bond acceptors (Lipinski definition) is 5. The molecule has 0 fully saturated rings. The van der Waals surface area contributed by atoms with Gasteiger partial charge in [0, 0.05) is 17.8 Å². The Hall–Kier alpha value is -3.16. The van der Waals surface area contributed by atoms with Crippen LogP contribution in [-0.2, 0) is 4.79 Å². The summed E-state index contributed by atoms with van der Waals surface area (Å²) in [4.78, 5) is 14.7. The Morgan fingerprint density at radius 1 is 1.35 bits per heavy atom. The first-order valence-corrected chi connectivity index (χ1v) is 7.70. The topological polar surface area (TPSA) is 94.7 Å². The fourth-order valence-corrected chi connectivity index (χ4v) is 2.13. The van der Waals surface area contributed by atoms with Crippen LogP contribution in [0.25, 0.3) is 11.1 Å². The van der Waals surface area contributed by atoms with Crippen LogP contribution in [0.15, 0.2) is 42.3 Å². The average Bonchev–Trinajstić information content (AvgIpc) is 2.53. The summed E-state index contributed by atoms with van der Waals surface area (Å²) in [5.74, 6) is -3.86. The summed E-state index contributed by atoms with van der Waals surface area (Å²) in [6.07, 6.45) is 2.04. The minimum absolute atomic E-state index is 0.166. The molecule has 0 saturated carbocycles. The summed E-state index contributed by atoms with van der Waals surface area (Å²) in [6.45, 7) is 3.01. The minimum Gasteiger partial charge on any atom is -0.508 e. The molecule has 6 nitrogen and oxygen atoms in total. The number of ether oxygens (including phenoxy) is 2. The number of carbonyl (C=O) groups is 1. The highest BCUT2D eigenvalue weighted by atomic mass is 19.1. The van der Waals surface area contributed by atoms with E-state index in [-0.39, 0.29) is 17.5 Å². The lowest BCUT2D eigenvalue weighted by Crippen LogP contribution is -2.11. The number of rotatable bonds is 7. The van der Waals surface area contributed by atoms with Crippen molar-refractivity contribution in [1.82, 2.24) is 4.98 Å². The van der Waals surface area contributed by atoms with Gasteiger partial charge in [-0.2, -0.15) is 0 Å². The lowest BCUT2D eigenvalue weighted by atomic mass is 10.1. The van der Waals surface area contributed by atoms with Crippen molar-refractivity contribution >= 4 is 5.91 Å². The van der Waals surface area contributed by atoms with Crippen molar-refractivity contribution < 1.29 is 28.2 Å². The van der Waals surface area contributed by atoms with Crippen molar-refractivity contribution in [3.05, 3.63) is 53.9 Å². The van der Waals surface area contributed by atoms with Gasteiger partial charge in [-0.05, 0) is 43.7 Å². The van der Waals surface area contributed by atoms with Gasteiger partial charge in [0.15, 0.2) is 17.4 Å². The Morgan fingerprint density at radius 3 is 2.58 bits per heavy atom. The van der Waals surface area contributed by atoms with E-state index in [1.807, 2.05) is 13.8 Å². The molecular formula is C18H18F2N2O4. The van der Waals surface area contributed by atoms with E-state index in [1.165, 1.54) is 6.20 Å². The summed E-state index contributed by atoms with van der Waals surface area (Å²) in [6, 6.07) is 5.38. The molecule has 0 spiro atoms. The van der Waals surface area contributed by atoms with Crippen molar-refractivity contribution in [2.45, 2.75) is 20.0 Å². The first-order chi connectivity index (χ1) is 12.3. The summed E-state index contributed by atoms with van der Waals surface area (Å²) < 4.78 is 39.0. The summed E-state index contributed by atoms with van der Waals surface area (Å²) >= 11 is 0. The SMILES string of the molecule is CC(C)Oc1ncccc1-c1cc(F)c(OC/C(O)=C/C(N)=O)c(F)c1. The maximum atomic E-state index is 14.3. The second-order valence-electron chi connectivity index (χ2n) is 5.62. The normalized spacial score (nSPS) is 11.5. The molecule has 0 atom stereocenters. The van der Waals surface area contributed by atoms with E-state index in [0.29, 0.717) is 11.6 Å². The maximum absolute atomic E-state index is 14.3. The summed E-state index contributed by atoms with van der Waals surface area (Å²) in [7, 11) is 0. The maximum Gasteiger partial charge on any atom is 0.244 e. The number of pyridine rings is 1. The second kappa shape index (κ2) is 8.28. The van der Waals surface area contributed by atoms with Crippen LogP contribution in [0.4, 0.5) is 8.78 Å². The number of aromatic nitrogens is 1. The second-order valence-corrected chi connectivity index (χ2v) is 5.62. The standard InChI is InChI=1S/C18H18F2N2O4/c1-10(2)26-18-13(4-3-5-22-18)11-6-14(19)17(15(20)7-11)25-9-12(23)8-16(21)24/h3-8,10,23H,9H2,1-2H3,(H2,21,24)/b12-8-. The van der Waals surface area contributed by atoms with Crippen molar-refractivity contribution in [3.8, 4) is 22.8 Å². The molecule has 0 unspecified atom stereocenters. The number of aliphatic hydroxyl groups excluding tert-OH is 1. The largest absolute Gasteiger partial charge is 0.508 e. The first kappa shape index (κ1) is 19.2. The molecule has 1 aromatic heterocycles. The van der Waals surface area contributed by atoms with E-state index in [2.05, 4.69) is 4.98 Å². The number of halogens is 2. The highest BCUT2D eigenvalue weighted by molar-refractivity contribution is 5.86. The van der Waals surface area contributed by atoms with Crippen LogP contribution in [0.3, 0.4) is 0 Å². The molecule has 26 heavy (non-hydrogen) atoms. The van der Waals surface area contributed by atoms with E-state index in [0.717, 1.165) is 12.1 Å². The number of aliphatic hydroxyl groups is 1. The van der Waals surface area contributed by atoms with E-state index in [9.17, 15) is 18.7 Å². The van der Waals surface area contributed by atoms with Gasteiger partial charge in [0.1, 0.15) is 12.4 Å². The van der Waals surface area contributed by atoms with Crippen molar-refractivity contribution in [2.24, 2.45) is 5.73 Å². The lowest BCUT2D eigenvalue weighted by molar-refractivity contribution is -0.113. The average molecular weight is 364 g/mol. The van der Waals surface area contributed by atoms with Gasteiger partial charge in [-0.1, -0.05) is 0 Å². The Kier molecular flexibility index (Phi) is 6.11. The van der Waals surface area contributed by atoms with E-state index in [1.54, 1.807) is 12.1 Å². The zero-order valence-corrected chi connectivity index (χ0v) is 14.2. The molecule has 8 heteroatoms. The zero-order chi connectivity index (χ0) is 19.3. The van der Waals surface area contributed by atoms with Gasteiger partial charge in [-0.3, -0.25) is 4.79 Å². The Morgan fingerprint density at radius 2 is 2.00 bits per heavy atom. The molecule has 2 aromatic rings. The third kappa shape index (κ3) is 4.92. The molecule has 3 N–H and O–H groups in total. The van der Waals surface area contributed by atoms with Crippen LogP contribution in [0.5, 0.6) is 11.6 Å². The van der Waals surface area contributed by atoms with E-state index in [4.69, 9.17) is 15.2 Å². The number of benzene rings is 1. The monoisotopic (exact) mass is 364 g/mol. The summed E-state index contributed by atoms with van der Waals surface area (Å²) in [5, 5.41) is 9.38. The molecule has 138 valence electrons. The number of hydrogen-bond donors (Lipinski definition) is 2. The number of primary amides is 1. The van der Waals surface area contributed by atoms with Gasteiger partial charge in [-0.15, -0.1) is 0 Å². The van der Waals surface area contributed by atoms with Crippen LogP contribution < -0.4 is 15.2 Å². The Labute approximate surface area is 148 Å². The van der Waals surface area contributed by atoms with Crippen LogP contribution in [-0.4, -0.2) is 28.7 Å². The molecule has 0 aliphatic rings. The van der Waals surface area contributed by atoms with Gasteiger partial charge in [-0.25, -0.2) is 13.8 Å². The number of amides is 1. The zero-order valence-electron chi connectivity index (χ0n) is 14.2. The Bertz CT molecular complexity index is 815. The molecule has 1 heterocycles. The van der Waals surface area contributed by atoms with Gasteiger partial charge >= 0.3 is 0 Å². The molecule has 1 amide bonds. The highest BCUT2D eigenvalue weighted by Crippen LogP contribution is 2.33. The first-order valence-electron chi connectivity index (χ1n) is 7.70. The van der Waals surface area contributed by atoms with Crippen molar-refractivity contribution in [3.63, 3.8) is 0 Å². The van der Waals surface area contributed by atoms with Gasteiger partial charge in [0.25, 0.3) is 0 Å². The third-order valence-electron chi connectivity index (χ3n) is 3.10. The number of carbonyl (C=O) groups excluding carboxylic acids is 1.